The molecule has 30 heavy (non-hydrogen) atoms. The molecule has 10 nitrogen and oxygen atoms in total. The van der Waals surface area contributed by atoms with Gasteiger partial charge in [-0.2, -0.15) is 0 Å². The lowest BCUT2D eigenvalue weighted by atomic mass is 9.98. The number of hydrogen-bond acceptors (Lipinski definition) is 6. The molecular weight excluding hydrogens is 392 g/mol. The molecule has 0 radical (unpaired) electrons. The Balaban J connectivity index is 2.67. The van der Waals surface area contributed by atoms with Crippen LogP contribution in [0.4, 0.5) is 0 Å². The number of nitrogens with one attached hydrogen (secondary N) is 3. The SMILES string of the molecule is CCC(C)C(NC(=O)C(C)N)C(=O)NCC(=O)NC(Cc1ccc(O)cc1)C(=O)O. The highest BCUT2D eigenvalue weighted by Gasteiger charge is 2.27. The fraction of sp³-hybridized carbons (Fsp3) is 0.500. The summed E-state index contributed by atoms with van der Waals surface area (Å²) in [6.07, 6.45) is 0.618. The maximum absolute atomic E-state index is 12.5. The Morgan fingerprint density at radius 3 is 2.13 bits per heavy atom. The minimum absolute atomic E-state index is 0.00917. The van der Waals surface area contributed by atoms with Crippen molar-refractivity contribution in [2.24, 2.45) is 11.7 Å². The van der Waals surface area contributed by atoms with Crippen LogP contribution in [0.1, 0.15) is 32.8 Å². The molecule has 0 saturated carbocycles. The summed E-state index contributed by atoms with van der Waals surface area (Å²) in [5.41, 5.74) is 6.14. The summed E-state index contributed by atoms with van der Waals surface area (Å²) < 4.78 is 0. The molecule has 0 aliphatic rings. The normalized spacial score (nSPS) is 14.7. The van der Waals surface area contributed by atoms with Gasteiger partial charge in [0.25, 0.3) is 0 Å². The molecule has 1 rings (SSSR count). The molecule has 7 N–H and O–H groups in total. The van der Waals surface area contributed by atoms with Gasteiger partial charge in [-0.3, -0.25) is 14.4 Å². The highest BCUT2D eigenvalue weighted by atomic mass is 16.4. The van der Waals surface area contributed by atoms with Crippen molar-refractivity contribution in [2.75, 3.05) is 6.54 Å². The number of carboxylic acid groups (broad SMARTS) is 1. The summed E-state index contributed by atoms with van der Waals surface area (Å²) in [5, 5.41) is 26.0. The van der Waals surface area contributed by atoms with Crippen LogP contribution < -0.4 is 21.7 Å². The van der Waals surface area contributed by atoms with Gasteiger partial charge in [-0.05, 0) is 30.5 Å². The lowest BCUT2D eigenvalue weighted by Crippen LogP contribution is -2.55. The third kappa shape index (κ3) is 8.08. The predicted molar refractivity (Wildman–Crippen MR) is 109 cm³/mol. The van der Waals surface area contributed by atoms with E-state index in [2.05, 4.69) is 16.0 Å². The van der Waals surface area contributed by atoms with Crippen LogP contribution in [0.15, 0.2) is 24.3 Å². The van der Waals surface area contributed by atoms with Gasteiger partial charge in [-0.15, -0.1) is 0 Å². The number of amides is 3. The molecule has 4 unspecified atom stereocenters. The maximum atomic E-state index is 12.5. The van der Waals surface area contributed by atoms with Crippen LogP contribution in [0.3, 0.4) is 0 Å². The van der Waals surface area contributed by atoms with Crippen LogP contribution in [-0.4, -0.2) is 58.6 Å². The number of aromatic hydroxyl groups is 1. The zero-order valence-electron chi connectivity index (χ0n) is 17.3. The third-order valence-corrected chi connectivity index (χ3v) is 4.64. The van der Waals surface area contributed by atoms with Crippen molar-refractivity contribution in [3.63, 3.8) is 0 Å². The minimum Gasteiger partial charge on any atom is -0.508 e. The number of carbonyl (C=O) groups is 4. The van der Waals surface area contributed by atoms with E-state index in [9.17, 15) is 29.4 Å². The van der Waals surface area contributed by atoms with E-state index in [1.54, 1.807) is 19.1 Å². The first-order chi connectivity index (χ1) is 14.0. The summed E-state index contributed by atoms with van der Waals surface area (Å²) in [7, 11) is 0. The van der Waals surface area contributed by atoms with E-state index in [0.717, 1.165) is 0 Å². The Hall–Kier alpha value is -3.14. The monoisotopic (exact) mass is 422 g/mol. The van der Waals surface area contributed by atoms with Crippen molar-refractivity contribution in [3.05, 3.63) is 29.8 Å². The first-order valence-electron chi connectivity index (χ1n) is 9.68. The molecular formula is C20H30N4O6. The van der Waals surface area contributed by atoms with E-state index in [1.807, 2.05) is 6.92 Å². The molecule has 1 aromatic rings. The number of aliphatic carboxylic acids is 1. The van der Waals surface area contributed by atoms with Gasteiger partial charge in [0.2, 0.25) is 17.7 Å². The number of benzene rings is 1. The van der Waals surface area contributed by atoms with Crippen LogP contribution in [-0.2, 0) is 25.6 Å². The van der Waals surface area contributed by atoms with Crippen LogP contribution in [0.5, 0.6) is 5.75 Å². The van der Waals surface area contributed by atoms with Crippen molar-refractivity contribution < 1.29 is 29.4 Å². The van der Waals surface area contributed by atoms with E-state index in [0.29, 0.717) is 12.0 Å². The number of carbonyl (C=O) groups excluding carboxylic acids is 3. The van der Waals surface area contributed by atoms with Crippen LogP contribution in [0.25, 0.3) is 0 Å². The van der Waals surface area contributed by atoms with E-state index >= 15 is 0 Å². The molecule has 0 aromatic heterocycles. The van der Waals surface area contributed by atoms with Gasteiger partial charge >= 0.3 is 5.97 Å². The highest BCUT2D eigenvalue weighted by molar-refractivity contribution is 5.92. The van der Waals surface area contributed by atoms with Gasteiger partial charge in [-0.1, -0.05) is 32.4 Å². The van der Waals surface area contributed by atoms with Gasteiger partial charge in [0.05, 0.1) is 12.6 Å². The molecule has 0 heterocycles. The van der Waals surface area contributed by atoms with Gasteiger partial charge in [0.15, 0.2) is 0 Å². The fourth-order valence-corrected chi connectivity index (χ4v) is 2.58. The lowest BCUT2D eigenvalue weighted by Gasteiger charge is -2.24. The Labute approximate surface area is 175 Å². The maximum Gasteiger partial charge on any atom is 0.326 e. The summed E-state index contributed by atoms with van der Waals surface area (Å²) in [5.74, 6) is -3.11. The fourth-order valence-electron chi connectivity index (χ4n) is 2.58. The quantitative estimate of drug-likeness (QED) is 0.279. The third-order valence-electron chi connectivity index (χ3n) is 4.64. The van der Waals surface area contributed by atoms with E-state index in [1.165, 1.54) is 19.1 Å². The van der Waals surface area contributed by atoms with Gasteiger partial charge in [-0.25, -0.2) is 4.79 Å². The second-order valence-electron chi connectivity index (χ2n) is 7.21. The number of carboxylic acids is 1. The Bertz CT molecular complexity index is 750. The van der Waals surface area contributed by atoms with Crippen molar-refractivity contribution in [1.82, 2.24) is 16.0 Å². The van der Waals surface area contributed by atoms with Crippen LogP contribution in [0.2, 0.25) is 0 Å². The smallest absolute Gasteiger partial charge is 0.326 e. The molecule has 0 fully saturated rings. The number of phenols is 1. The molecule has 10 heteroatoms. The first kappa shape index (κ1) is 24.9. The molecule has 3 amide bonds. The average molecular weight is 422 g/mol. The van der Waals surface area contributed by atoms with Crippen molar-refractivity contribution in [3.8, 4) is 5.75 Å². The number of hydrogen-bond donors (Lipinski definition) is 6. The van der Waals surface area contributed by atoms with Crippen LogP contribution >= 0.6 is 0 Å². The Kier molecular flexibility index (Phi) is 9.76. The highest BCUT2D eigenvalue weighted by Crippen LogP contribution is 2.11. The standard InChI is InChI=1S/C20H30N4O6/c1-4-11(2)17(24-18(27)12(3)21)19(28)22-10-16(26)23-15(20(29)30)9-13-5-7-14(25)8-6-13/h5-8,11-12,15,17,25H,4,9-10,21H2,1-3H3,(H,22,28)(H,23,26)(H,24,27)(H,29,30). The summed E-state index contributed by atoms with van der Waals surface area (Å²) >= 11 is 0. The van der Waals surface area contributed by atoms with Gasteiger partial charge in [0, 0.05) is 6.42 Å². The van der Waals surface area contributed by atoms with Crippen LogP contribution in [0, 0.1) is 5.92 Å². The number of phenolic OH excluding ortho intramolecular Hbond substituents is 1. The zero-order chi connectivity index (χ0) is 22.8. The molecule has 1 aromatic carbocycles. The number of rotatable bonds is 11. The average Bonchev–Trinajstić information content (AvgIpc) is 2.70. The topological polar surface area (TPSA) is 171 Å². The van der Waals surface area contributed by atoms with E-state index in [-0.39, 0.29) is 18.1 Å². The van der Waals surface area contributed by atoms with E-state index in [4.69, 9.17) is 5.73 Å². The second kappa shape index (κ2) is 11.8. The molecule has 0 saturated heterocycles. The molecule has 166 valence electrons. The zero-order valence-corrected chi connectivity index (χ0v) is 17.3. The minimum atomic E-state index is -1.23. The summed E-state index contributed by atoms with van der Waals surface area (Å²) in [4.78, 5) is 47.9. The molecule has 0 spiro atoms. The van der Waals surface area contributed by atoms with Crippen molar-refractivity contribution in [2.45, 2.75) is 51.7 Å². The predicted octanol–water partition coefficient (Wildman–Crippen LogP) is -0.502. The molecule has 0 aliphatic heterocycles. The second-order valence-corrected chi connectivity index (χ2v) is 7.21. The largest absolute Gasteiger partial charge is 0.508 e. The molecule has 4 atom stereocenters. The molecule has 0 aliphatic carbocycles. The summed E-state index contributed by atoms with van der Waals surface area (Å²) in [6, 6.07) is 3.08. The molecule has 0 bridgehead atoms. The van der Waals surface area contributed by atoms with Gasteiger partial charge in [0.1, 0.15) is 17.8 Å². The van der Waals surface area contributed by atoms with E-state index < -0.39 is 48.4 Å². The Morgan fingerprint density at radius 1 is 1.03 bits per heavy atom. The lowest BCUT2D eigenvalue weighted by molar-refractivity contribution is -0.141. The van der Waals surface area contributed by atoms with Crippen molar-refractivity contribution in [1.29, 1.82) is 0 Å². The Morgan fingerprint density at radius 2 is 1.63 bits per heavy atom. The van der Waals surface area contributed by atoms with Crippen molar-refractivity contribution >= 4 is 23.7 Å². The summed E-state index contributed by atoms with van der Waals surface area (Å²) in [6.45, 7) is 4.69. The first-order valence-corrected chi connectivity index (χ1v) is 9.68. The van der Waals surface area contributed by atoms with Gasteiger partial charge < -0.3 is 31.9 Å². The number of nitrogens with two attached hydrogens (primary N) is 1.